The quantitative estimate of drug-likeness (QED) is 0.0194. The van der Waals surface area contributed by atoms with E-state index in [4.69, 9.17) is 19.3 Å². The van der Waals surface area contributed by atoms with Crippen LogP contribution in [0.4, 0.5) is 0 Å². The summed E-state index contributed by atoms with van der Waals surface area (Å²) < 4.78 is 26.2. The van der Waals surface area contributed by atoms with E-state index in [2.05, 4.69) is 35.8 Å². The van der Waals surface area contributed by atoms with E-state index in [9.17, 15) is 19.3 Å². The molecule has 1 unspecified atom stereocenters. The summed E-state index contributed by atoms with van der Waals surface area (Å²) in [5.74, 6) is -0.993. The normalized spacial score (nSPS) is 13.9. The molecule has 51 heavy (non-hydrogen) atoms. The molecular weight excluding hydrogens is 667 g/mol. The summed E-state index contributed by atoms with van der Waals surface area (Å²) in [4.78, 5) is 42.7. The minimum Gasteiger partial charge on any atom is -0.462 e. The Morgan fingerprint density at radius 2 is 1.18 bits per heavy atom. The standard InChI is InChI=1S/C41H69O9P/c1-3-5-7-8-9-10-11-12-13-14-18-21-24-27-30-34-40(43)48-36-39(37-49-51(45,46)47)50-41(44)35-31-28-25-22-19-16-15-17-20-23-26-29-33-38(42)32-6-4-2/h6,12-13,15-16,20,22-23,25-26,29,32,38-39,42H,3-5,7-11,14,17-19,21,24,27-28,30-31,33-37H2,1-2H3,(H2,45,46,47)/b13-12-,16-15-,23-20-,25-22-,29-26+,32-6-/t38?,39-/m1/s1. The van der Waals surface area contributed by atoms with Crippen LogP contribution < -0.4 is 0 Å². The van der Waals surface area contributed by atoms with Crippen LogP contribution in [-0.2, 0) is 28.2 Å². The van der Waals surface area contributed by atoms with Crippen molar-refractivity contribution >= 4 is 19.8 Å². The molecule has 0 aromatic heterocycles. The van der Waals surface area contributed by atoms with E-state index in [1.54, 1.807) is 0 Å². The number of phosphoric acid groups is 1. The fourth-order valence-corrected chi connectivity index (χ4v) is 5.25. The van der Waals surface area contributed by atoms with Gasteiger partial charge in [0.05, 0.1) is 12.7 Å². The molecule has 0 saturated heterocycles. The second kappa shape index (κ2) is 35.8. The molecule has 0 amide bonds. The molecule has 292 valence electrons. The predicted molar refractivity (Wildman–Crippen MR) is 208 cm³/mol. The highest BCUT2D eigenvalue weighted by Crippen LogP contribution is 2.36. The molecule has 0 radical (unpaired) electrons. The second-order valence-corrected chi connectivity index (χ2v) is 14.0. The van der Waals surface area contributed by atoms with E-state index >= 15 is 0 Å². The van der Waals surface area contributed by atoms with Crippen LogP contribution in [0, 0.1) is 0 Å². The summed E-state index contributed by atoms with van der Waals surface area (Å²) in [5.41, 5.74) is 0. The van der Waals surface area contributed by atoms with E-state index in [1.807, 2.05) is 55.5 Å². The lowest BCUT2D eigenvalue weighted by molar-refractivity contribution is -0.161. The van der Waals surface area contributed by atoms with Crippen molar-refractivity contribution < 1.29 is 43.0 Å². The maximum Gasteiger partial charge on any atom is 0.469 e. The van der Waals surface area contributed by atoms with Gasteiger partial charge < -0.3 is 24.4 Å². The lowest BCUT2D eigenvalue weighted by Gasteiger charge is -2.18. The largest absolute Gasteiger partial charge is 0.469 e. The van der Waals surface area contributed by atoms with Gasteiger partial charge in [-0.15, -0.1) is 0 Å². The molecule has 0 aliphatic carbocycles. The predicted octanol–water partition coefficient (Wildman–Crippen LogP) is 10.5. The van der Waals surface area contributed by atoms with Crippen LogP contribution in [0.25, 0.3) is 0 Å². The van der Waals surface area contributed by atoms with Gasteiger partial charge in [-0.1, -0.05) is 138 Å². The third-order valence-electron chi connectivity index (χ3n) is 7.78. The molecule has 0 spiro atoms. The van der Waals surface area contributed by atoms with Crippen molar-refractivity contribution in [3.8, 4) is 0 Å². The van der Waals surface area contributed by atoms with Gasteiger partial charge in [-0.25, -0.2) is 4.57 Å². The van der Waals surface area contributed by atoms with Crippen molar-refractivity contribution in [2.45, 2.75) is 161 Å². The van der Waals surface area contributed by atoms with Gasteiger partial charge in [-0.05, 0) is 70.6 Å². The van der Waals surface area contributed by atoms with Crippen molar-refractivity contribution in [3.63, 3.8) is 0 Å². The van der Waals surface area contributed by atoms with E-state index < -0.39 is 38.6 Å². The van der Waals surface area contributed by atoms with Crippen molar-refractivity contribution in [1.82, 2.24) is 0 Å². The number of aliphatic hydroxyl groups is 1. The number of ether oxygens (including phenoxy) is 2. The number of carbonyl (C=O) groups excluding carboxylic acids is 2. The van der Waals surface area contributed by atoms with Gasteiger partial charge in [0.2, 0.25) is 0 Å². The molecule has 2 atom stereocenters. The number of aliphatic hydroxyl groups excluding tert-OH is 1. The summed E-state index contributed by atoms with van der Waals surface area (Å²) in [7, 11) is -4.78. The van der Waals surface area contributed by atoms with E-state index in [0.717, 1.165) is 51.4 Å². The topological polar surface area (TPSA) is 140 Å². The molecule has 0 aromatic rings. The van der Waals surface area contributed by atoms with Crippen LogP contribution in [0.1, 0.15) is 149 Å². The van der Waals surface area contributed by atoms with Crippen LogP contribution in [0.15, 0.2) is 72.9 Å². The van der Waals surface area contributed by atoms with Gasteiger partial charge >= 0.3 is 19.8 Å². The van der Waals surface area contributed by atoms with Gasteiger partial charge in [-0.3, -0.25) is 14.1 Å². The Morgan fingerprint density at radius 1 is 0.627 bits per heavy atom. The number of esters is 2. The number of carbonyl (C=O) groups is 2. The Bertz CT molecular complexity index is 1070. The summed E-state index contributed by atoms with van der Waals surface area (Å²) >= 11 is 0. The molecule has 9 nitrogen and oxygen atoms in total. The van der Waals surface area contributed by atoms with Crippen molar-refractivity contribution in [1.29, 1.82) is 0 Å². The second-order valence-electron chi connectivity index (χ2n) is 12.7. The number of allylic oxidation sites excluding steroid dienone is 10. The van der Waals surface area contributed by atoms with Gasteiger partial charge in [0.25, 0.3) is 0 Å². The zero-order chi connectivity index (χ0) is 37.7. The minimum absolute atomic E-state index is 0.111. The molecule has 0 heterocycles. The summed E-state index contributed by atoms with van der Waals surface area (Å²) in [6.45, 7) is 3.37. The fourth-order valence-electron chi connectivity index (χ4n) is 4.89. The third kappa shape index (κ3) is 38.5. The molecule has 0 aromatic carbocycles. The van der Waals surface area contributed by atoms with Gasteiger partial charge in [0, 0.05) is 12.8 Å². The first kappa shape index (κ1) is 48.5. The Labute approximate surface area is 309 Å². The molecule has 0 saturated carbocycles. The van der Waals surface area contributed by atoms with Crippen molar-refractivity contribution in [2.75, 3.05) is 13.2 Å². The Kier molecular flexibility index (Phi) is 34.0. The maximum absolute atomic E-state index is 12.3. The summed E-state index contributed by atoms with van der Waals surface area (Å²) in [6, 6.07) is 0. The number of hydrogen-bond donors (Lipinski definition) is 3. The Balaban J connectivity index is 4.13. The summed E-state index contributed by atoms with van der Waals surface area (Å²) in [6.07, 6.45) is 42.5. The summed E-state index contributed by atoms with van der Waals surface area (Å²) in [5, 5.41) is 9.73. The number of phosphoric ester groups is 1. The average Bonchev–Trinajstić information content (AvgIpc) is 3.09. The minimum atomic E-state index is -4.78. The average molecular weight is 737 g/mol. The zero-order valence-corrected chi connectivity index (χ0v) is 32.5. The lowest BCUT2D eigenvalue weighted by atomic mass is 10.1. The van der Waals surface area contributed by atoms with Crippen LogP contribution >= 0.6 is 7.82 Å². The van der Waals surface area contributed by atoms with Crippen LogP contribution in [0.2, 0.25) is 0 Å². The Hall–Kier alpha value is -2.55. The molecule has 10 heteroatoms. The maximum atomic E-state index is 12.3. The fraction of sp³-hybridized carbons (Fsp3) is 0.659. The molecule has 0 fully saturated rings. The molecule has 0 rings (SSSR count). The molecule has 0 aliphatic rings. The van der Waals surface area contributed by atoms with Gasteiger partial charge in [0.1, 0.15) is 6.61 Å². The van der Waals surface area contributed by atoms with Gasteiger partial charge in [-0.2, -0.15) is 0 Å². The number of hydrogen-bond acceptors (Lipinski definition) is 7. The molecule has 0 aliphatic heterocycles. The van der Waals surface area contributed by atoms with Gasteiger partial charge in [0.15, 0.2) is 6.10 Å². The van der Waals surface area contributed by atoms with E-state index in [0.29, 0.717) is 25.7 Å². The van der Waals surface area contributed by atoms with Crippen molar-refractivity contribution in [2.24, 2.45) is 0 Å². The third-order valence-corrected chi connectivity index (χ3v) is 8.27. The zero-order valence-electron chi connectivity index (χ0n) is 31.6. The van der Waals surface area contributed by atoms with E-state index in [-0.39, 0.29) is 19.4 Å². The molecule has 3 N–H and O–H groups in total. The SMILES string of the molecule is CC/C=C\C(O)C/C=C/C=C\C/C=C\C/C=C\CCCC(=O)O[C@H](COC(=O)CCCCCCC/C=C\CCCCCCCC)COP(=O)(O)O. The highest BCUT2D eigenvalue weighted by atomic mass is 31.2. The van der Waals surface area contributed by atoms with E-state index in [1.165, 1.54) is 44.9 Å². The first-order valence-corrected chi connectivity index (χ1v) is 20.9. The molecule has 0 bridgehead atoms. The number of unbranched alkanes of at least 4 members (excludes halogenated alkanes) is 12. The van der Waals surface area contributed by atoms with Crippen LogP contribution in [-0.4, -0.2) is 52.3 Å². The first-order valence-electron chi connectivity index (χ1n) is 19.3. The van der Waals surface area contributed by atoms with Crippen LogP contribution in [0.3, 0.4) is 0 Å². The van der Waals surface area contributed by atoms with Crippen LogP contribution in [0.5, 0.6) is 0 Å². The smallest absolute Gasteiger partial charge is 0.462 e. The van der Waals surface area contributed by atoms with Crippen molar-refractivity contribution in [3.05, 3.63) is 72.9 Å². The molecular formula is C41H69O9P. The highest BCUT2D eigenvalue weighted by molar-refractivity contribution is 7.46. The highest BCUT2D eigenvalue weighted by Gasteiger charge is 2.22. The number of rotatable bonds is 34. The lowest BCUT2D eigenvalue weighted by Crippen LogP contribution is -2.29. The Morgan fingerprint density at radius 3 is 1.84 bits per heavy atom. The first-order chi connectivity index (χ1) is 24.7. The monoisotopic (exact) mass is 736 g/mol.